The third-order valence-electron chi connectivity index (χ3n) is 2.97. The van der Waals surface area contributed by atoms with Gasteiger partial charge in [0.15, 0.2) is 0 Å². The molecule has 5 heteroatoms. The van der Waals surface area contributed by atoms with E-state index in [1.807, 2.05) is 0 Å². The van der Waals surface area contributed by atoms with Crippen LogP contribution < -0.4 is 5.32 Å². The molecule has 0 aliphatic heterocycles. The molecule has 2 nitrogen and oxygen atoms in total. The number of nitrogens with one attached hydrogen (secondary N) is 1. The van der Waals surface area contributed by atoms with E-state index < -0.39 is 11.7 Å². The fourth-order valence-electron chi connectivity index (χ4n) is 1.76. The van der Waals surface area contributed by atoms with Gasteiger partial charge in [0.05, 0.1) is 0 Å². The van der Waals surface area contributed by atoms with Crippen molar-refractivity contribution in [2.24, 2.45) is 0 Å². The van der Waals surface area contributed by atoms with Gasteiger partial charge in [-0.2, -0.15) is 13.2 Å². The maximum atomic E-state index is 12.7. The van der Waals surface area contributed by atoms with Crippen LogP contribution >= 0.6 is 0 Å². The zero-order valence-corrected chi connectivity index (χ0v) is 8.88. The Morgan fingerprint density at radius 2 is 2.12 bits per heavy atom. The van der Waals surface area contributed by atoms with E-state index in [0.29, 0.717) is 0 Å². The van der Waals surface area contributed by atoms with Crippen molar-refractivity contribution in [1.82, 2.24) is 10.3 Å². The summed E-state index contributed by atoms with van der Waals surface area (Å²) in [6, 6.07) is 3.16. The SMILES string of the molecule is CC(NC1(C(F)(F)F)CC1)c1cccnc1. The van der Waals surface area contributed by atoms with Gasteiger partial charge in [0.2, 0.25) is 0 Å². The Morgan fingerprint density at radius 1 is 1.44 bits per heavy atom. The van der Waals surface area contributed by atoms with Gasteiger partial charge in [0.1, 0.15) is 5.54 Å². The zero-order valence-electron chi connectivity index (χ0n) is 8.88. The van der Waals surface area contributed by atoms with E-state index in [1.165, 1.54) is 0 Å². The Balaban J connectivity index is 2.06. The molecule has 88 valence electrons. The highest BCUT2D eigenvalue weighted by Crippen LogP contribution is 2.50. The first kappa shape index (κ1) is 11.4. The number of halogens is 3. The standard InChI is InChI=1S/C11H13F3N2/c1-8(9-3-2-6-15-7-9)16-10(4-5-10)11(12,13)14/h2-3,6-8,16H,4-5H2,1H3. The molecule has 1 aliphatic rings. The molecule has 1 heterocycles. The second-order valence-electron chi connectivity index (χ2n) is 4.23. The predicted molar refractivity (Wildman–Crippen MR) is 53.8 cm³/mol. The number of nitrogens with zero attached hydrogens (tertiary/aromatic N) is 1. The van der Waals surface area contributed by atoms with E-state index in [2.05, 4.69) is 10.3 Å². The van der Waals surface area contributed by atoms with Crippen LogP contribution in [0, 0.1) is 0 Å². The van der Waals surface area contributed by atoms with Gasteiger partial charge in [-0.3, -0.25) is 10.3 Å². The van der Waals surface area contributed by atoms with Crippen LogP contribution in [0.2, 0.25) is 0 Å². The lowest BCUT2D eigenvalue weighted by Gasteiger charge is -2.25. The lowest BCUT2D eigenvalue weighted by Crippen LogP contribution is -2.45. The third kappa shape index (κ3) is 2.04. The maximum Gasteiger partial charge on any atom is 0.406 e. The normalized spacial score (nSPS) is 20.5. The molecule has 0 bridgehead atoms. The summed E-state index contributed by atoms with van der Waals surface area (Å²) in [6.45, 7) is 1.73. The van der Waals surface area contributed by atoms with Crippen LogP contribution in [0.1, 0.15) is 31.4 Å². The average molecular weight is 230 g/mol. The average Bonchev–Trinajstić information content (AvgIpc) is 2.99. The topological polar surface area (TPSA) is 24.9 Å². The van der Waals surface area contributed by atoms with Gasteiger partial charge in [-0.15, -0.1) is 0 Å². The molecule has 16 heavy (non-hydrogen) atoms. The van der Waals surface area contributed by atoms with E-state index in [4.69, 9.17) is 0 Å². The van der Waals surface area contributed by atoms with Crippen molar-refractivity contribution in [3.05, 3.63) is 30.1 Å². The van der Waals surface area contributed by atoms with Crippen LogP contribution in [0.5, 0.6) is 0 Å². The van der Waals surface area contributed by atoms with Crippen LogP contribution in [-0.4, -0.2) is 16.7 Å². The van der Waals surface area contributed by atoms with Crippen molar-refractivity contribution < 1.29 is 13.2 Å². The number of rotatable bonds is 3. The summed E-state index contributed by atoms with van der Waals surface area (Å²) >= 11 is 0. The molecule has 1 atom stereocenters. The highest BCUT2D eigenvalue weighted by molar-refractivity contribution is 5.17. The summed E-state index contributed by atoms with van der Waals surface area (Å²) in [6.07, 6.45) is -0.636. The summed E-state index contributed by atoms with van der Waals surface area (Å²) in [4.78, 5) is 3.90. The molecular weight excluding hydrogens is 217 g/mol. The molecule has 2 rings (SSSR count). The highest BCUT2D eigenvalue weighted by Gasteiger charge is 2.63. The third-order valence-corrected chi connectivity index (χ3v) is 2.97. The molecule has 1 aliphatic carbocycles. The first-order chi connectivity index (χ1) is 7.45. The van der Waals surface area contributed by atoms with E-state index in [1.54, 1.807) is 31.5 Å². The molecule has 0 amide bonds. The summed E-state index contributed by atoms with van der Waals surface area (Å²) in [7, 11) is 0. The molecule has 1 saturated carbocycles. The molecule has 1 fully saturated rings. The molecule has 1 aromatic heterocycles. The van der Waals surface area contributed by atoms with Crippen molar-refractivity contribution in [2.45, 2.75) is 37.5 Å². The van der Waals surface area contributed by atoms with E-state index in [9.17, 15) is 13.2 Å². The van der Waals surface area contributed by atoms with Gasteiger partial charge in [-0.05, 0) is 31.4 Å². The predicted octanol–water partition coefficient (Wildman–Crippen LogP) is 2.83. The fourth-order valence-corrected chi connectivity index (χ4v) is 1.76. The lowest BCUT2D eigenvalue weighted by atomic mass is 10.1. The Bertz CT molecular complexity index is 357. The van der Waals surface area contributed by atoms with Crippen LogP contribution in [-0.2, 0) is 0 Å². The Morgan fingerprint density at radius 3 is 2.56 bits per heavy atom. The van der Waals surface area contributed by atoms with Crippen LogP contribution in [0.15, 0.2) is 24.5 Å². The van der Waals surface area contributed by atoms with Crippen molar-refractivity contribution >= 4 is 0 Å². The molecule has 1 aromatic rings. The fraction of sp³-hybridized carbons (Fsp3) is 0.545. The van der Waals surface area contributed by atoms with Crippen molar-refractivity contribution in [2.75, 3.05) is 0 Å². The van der Waals surface area contributed by atoms with Gasteiger partial charge < -0.3 is 0 Å². The minimum Gasteiger partial charge on any atom is -0.297 e. The van der Waals surface area contributed by atoms with Crippen molar-refractivity contribution in [1.29, 1.82) is 0 Å². The summed E-state index contributed by atoms with van der Waals surface area (Å²) in [5, 5.41) is 2.66. The van der Waals surface area contributed by atoms with E-state index in [-0.39, 0.29) is 18.9 Å². The summed E-state index contributed by atoms with van der Waals surface area (Å²) in [5.41, 5.74) is -0.888. The van der Waals surface area contributed by atoms with Gasteiger partial charge in [0, 0.05) is 18.4 Å². The van der Waals surface area contributed by atoms with Gasteiger partial charge >= 0.3 is 6.18 Å². The molecule has 1 unspecified atom stereocenters. The molecule has 0 spiro atoms. The quantitative estimate of drug-likeness (QED) is 0.863. The number of aromatic nitrogens is 1. The minimum atomic E-state index is -4.16. The van der Waals surface area contributed by atoms with Gasteiger partial charge in [0.25, 0.3) is 0 Å². The van der Waals surface area contributed by atoms with Crippen molar-refractivity contribution in [3.8, 4) is 0 Å². The monoisotopic (exact) mass is 230 g/mol. The minimum absolute atomic E-state index is 0.168. The number of alkyl halides is 3. The lowest BCUT2D eigenvalue weighted by molar-refractivity contribution is -0.167. The Labute approximate surface area is 91.9 Å². The Kier molecular flexibility index (Phi) is 2.66. The molecule has 0 aromatic carbocycles. The highest BCUT2D eigenvalue weighted by atomic mass is 19.4. The molecular formula is C11H13F3N2. The van der Waals surface area contributed by atoms with Crippen LogP contribution in [0.4, 0.5) is 13.2 Å². The number of pyridine rings is 1. The van der Waals surface area contributed by atoms with E-state index in [0.717, 1.165) is 5.56 Å². The summed E-state index contributed by atoms with van der Waals surface area (Å²) in [5.74, 6) is 0. The van der Waals surface area contributed by atoms with E-state index >= 15 is 0 Å². The first-order valence-electron chi connectivity index (χ1n) is 5.19. The maximum absolute atomic E-state index is 12.7. The van der Waals surface area contributed by atoms with Gasteiger partial charge in [-0.1, -0.05) is 6.07 Å². The Hall–Kier alpha value is -1.10. The second-order valence-corrected chi connectivity index (χ2v) is 4.23. The van der Waals surface area contributed by atoms with Gasteiger partial charge in [-0.25, -0.2) is 0 Å². The zero-order chi connectivity index (χ0) is 11.8. The largest absolute Gasteiger partial charge is 0.406 e. The number of hydrogen-bond donors (Lipinski definition) is 1. The molecule has 0 radical (unpaired) electrons. The first-order valence-corrected chi connectivity index (χ1v) is 5.19. The number of hydrogen-bond acceptors (Lipinski definition) is 2. The smallest absolute Gasteiger partial charge is 0.297 e. The summed E-state index contributed by atoms with van der Waals surface area (Å²) < 4.78 is 38.1. The van der Waals surface area contributed by atoms with Crippen LogP contribution in [0.25, 0.3) is 0 Å². The molecule has 1 N–H and O–H groups in total. The van der Waals surface area contributed by atoms with Crippen molar-refractivity contribution in [3.63, 3.8) is 0 Å². The molecule has 0 saturated heterocycles. The van der Waals surface area contributed by atoms with Crippen LogP contribution in [0.3, 0.4) is 0 Å². The second kappa shape index (κ2) is 3.73.